The van der Waals surface area contributed by atoms with Crippen LogP contribution in [-0.4, -0.2) is 15.9 Å². The number of carbonyl (C=O) groups is 1. The highest BCUT2D eigenvalue weighted by Crippen LogP contribution is 2.19. The summed E-state index contributed by atoms with van der Waals surface area (Å²) in [5.74, 6) is -0.0817. The first-order valence-electron chi connectivity index (χ1n) is 3.88. The highest BCUT2D eigenvalue weighted by atomic mass is 32.2. The molecule has 0 saturated carbocycles. The predicted octanol–water partition coefficient (Wildman–Crippen LogP) is 0.403. The predicted molar refractivity (Wildman–Crippen MR) is 49.9 cm³/mol. The molecule has 1 aromatic carbocycles. The summed E-state index contributed by atoms with van der Waals surface area (Å²) in [5, 5.41) is 3.13. The molecule has 1 aliphatic rings. The maximum Gasteiger partial charge on any atom is 0.225 e. The Hall–Kier alpha value is -1.29. The van der Waals surface area contributed by atoms with Crippen molar-refractivity contribution in [2.24, 2.45) is 0 Å². The first-order chi connectivity index (χ1) is 6.27. The number of benzene rings is 1. The van der Waals surface area contributed by atoms with Crippen molar-refractivity contribution in [3.05, 3.63) is 41.3 Å². The molecule has 0 spiro atoms. The Morgan fingerprint density at radius 3 is 2.54 bits per heavy atom. The first-order valence-corrected chi connectivity index (χ1v) is 5.20. The van der Waals surface area contributed by atoms with E-state index in [1.165, 1.54) is 0 Å². The van der Waals surface area contributed by atoms with Crippen LogP contribution in [0.4, 0.5) is 0 Å². The zero-order chi connectivity index (χ0) is 9.26. The van der Waals surface area contributed by atoms with Gasteiger partial charge in [-0.05, 0) is 0 Å². The van der Waals surface area contributed by atoms with E-state index in [1.54, 1.807) is 0 Å². The summed E-state index contributed by atoms with van der Waals surface area (Å²) in [6, 6.07) is 9.25. The molecule has 1 amide bonds. The lowest BCUT2D eigenvalue weighted by Gasteiger charge is -2.17. The van der Waals surface area contributed by atoms with E-state index in [4.69, 9.17) is 0 Å². The summed E-state index contributed by atoms with van der Waals surface area (Å²) in [6.07, 6.45) is 0. The Labute approximate surface area is 78.6 Å². The highest BCUT2D eigenvalue weighted by Gasteiger charge is 2.23. The van der Waals surface area contributed by atoms with Gasteiger partial charge in [0.25, 0.3) is 0 Å². The van der Waals surface area contributed by atoms with Crippen LogP contribution in [-0.2, 0) is 15.6 Å². The molecule has 2 rings (SSSR count). The van der Waals surface area contributed by atoms with Crippen LogP contribution in [0.5, 0.6) is 0 Å². The molecule has 0 aromatic heterocycles. The van der Waals surface area contributed by atoms with E-state index in [9.17, 15) is 9.00 Å². The number of hydrogen-bond donors (Lipinski definition) is 1. The molecule has 1 heterocycles. The van der Waals surface area contributed by atoms with Crippen LogP contribution in [0.25, 0.3) is 0 Å². The lowest BCUT2D eigenvalue weighted by atomic mass is 10.2. The quantitative estimate of drug-likeness (QED) is 0.658. The van der Waals surface area contributed by atoms with Gasteiger partial charge in [-0.1, -0.05) is 6.07 Å². The van der Waals surface area contributed by atoms with Gasteiger partial charge >= 0.3 is 0 Å². The number of nitrogens with one attached hydrogen (secondary N) is 1. The van der Waals surface area contributed by atoms with Gasteiger partial charge in [-0.25, -0.2) is 0 Å². The number of rotatable bonds is 1. The molecule has 1 fully saturated rings. The van der Waals surface area contributed by atoms with Crippen LogP contribution in [0, 0.1) is 5.37 Å². The fraction of sp³-hybridized carbons (Fsp3) is 0.111. The summed E-state index contributed by atoms with van der Waals surface area (Å²) in [6.45, 7) is 0. The minimum Gasteiger partial charge on any atom is -0.370 e. The zero-order valence-corrected chi connectivity index (χ0v) is 7.64. The molecule has 0 bridgehead atoms. The second-order valence-electron chi connectivity index (χ2n) is 2.73. The van der Waals surface area contributed by atoms with Crippen molar-refractivity contribution in [1.29, 1.82) is 0 Å². The molecule has 0 aliphatic carbocycles. The summed E-state index contributed by atoms with van der Waals surface area (Å²) < 4.78 is 11.4. The van der Waals surface area contributed by atoms with Crippen LogP contribution in [0.1, 0.15) is 5.56 Å². The molecule has 1 unspecified atom stereocenters. The van der Waals surface area contributed by atoms with E-state index in [1.807, 2.05) is 30.3 Å². The SMILES string of the molecule is O=C1CS(=O)[C-](c2ccccc2)N1. The van der Waals surface area contributed by atoms with Gasteiger partial charge in [-0.15, -0.1) is 12.1 Å². The number of amides is 1. The summed E-state index contributed by atoms with van der Waals surface area (Å²) >= 11 is 0. The maximum absolute atomic E-state index is 11.4. The minimum absolute atomic E-state index is 0.0875. The van der Waals surface area contributed by atoms with Crippen molar-refractivity contribution in [2.75, 3.05) is 5.75 Å². The zero-order valence-electron chi connectivity index (χ0n) is 6.82. The normalized spacial score (nSPS) is 21.7. The lowest BCUT2D eigenvalue weighted by Crippen LogP contribution is -2.20. The second kappa shape index (κ2) is 3.22. The minimum atomic E-state index is -1.19. The van der Waals surface area contributed by atoms with E-state index in [2.05, 4.69) is 5.32 Å². The van der Waals surface area contributed by atoms with E-state index >= 15 is 0 Å². The van der Waals surface area contributed by atoms with Crippen LogP contribution in [0.15, 0.2) is 30.3 Å². The Bertz CT molecular complexity index is 350. The molecule has 3 nitrogen and oxygen atoms in total. The Balaban J connectivity index is 2.28. The molecule has 1 saturated heterocycles. The standard InChI is InChI=1S/C9H8NO2S/c11-8-6-13(12)9(10-8)7-4-2-1-3-5-7/h1-5H,6H2,(H,10,11)/q-1. The molecule has 1 aromatic rings. The third-order valence-corrected chi connectivity index (χ3v) is 3.10. The van der Waals surface area contributed by atoms with Gasteiger partial charge in [0.2, 0.25) is 5.91 Å². The lowest BCUT2D eigenvalue weighted by molar-refractivity contribution is -0.117. The third-order valence-electron chi connectivity index (χ3n) is 1.78. The van der Waals surface area contributed by atoms with Gasteiger partial charge < -0.3 is 5.32 Å². The van der Waals surface area contributed by atoms with E-state index in [0.717, 1.165) is 5.56 Å². The second-order valence-corrected chi connectivity index (χ2v) is 4.12. The van der Waals surface area contributed by atoms with Gasteiger partial charge in [-0.3, -0.25) is 9.00 Å². The molecule has 13 heavy (non-hydrogen) atoms. The number of carbonyl (C=O) groups excluding carboxylic acids is 1. The van der Waals surface area contributed by atoms with Crippen molar-refractivity contribution in [1.82, 2.24) is 5.32 Å². The summed E-state index contributed by atoms with van der Waals surface area (Å²) in [5.41, 5.74) is 0.826. The molecule has 4 heteroatoms. The van der Waals surface area contributed by atoms with E-state index in [0.29, 0.717) is 5.37 Å². The van der Waals surface area contributed by atoms with Gasteiger partial charge in [0.1, 0.15) is 0 Å². The summed E-state index contributed by atoms with van der Waals surface area (Å²) in [4.78, 5) is 10.9. The smallest absolute Gasteiger partial charge is 0.225 e. The topological polar surface area (TPSA) is 46.2 Å². The van der Waals surface area contributed by atoms with Crippen LogP contribution >= 0.6 is 0 Å². The van der Waals surface area contributed by atoms with Crippen molar-refractivity contribution in [3.8, 4) is 0 Å². The van der Waals surface area contributed by atoms with Crippen LogP contribution in [0.2, 0.25) is 0 Å². The van der Waals surface area contributed by atoms with Gasteiger partial charge in [0, 0.05) is 16.2 Å². The molecule has 0 radical (unpaired) electrons. The molecule has 68 valence electrons. The monoisotopic (exact) mass is 194 g/mol. The van der Waals surface area contributed by atoms with Gasteiger partial charge in [0.15, 0.2) is 0 Å². The van der Waals surface area contributed by atoms with Crippen LogP contribution in [0.3, 0.4) is 0 Å². The third kappa shape index (κ3) is 1.58. The highest BCUT2D eigenvalue weighted by molar-refractivity contribution is 7.89. The van der Waals surface area contributed by atoms with Crippen molar-refractivity contribution < 1.29 is 9.00 Å². The van der Waals surface area contributed by atoms with Crippen molar-refractivity contribution in [3.63, 3.8) is 0 Å². The molecular weight excluding hydrogens is 186 g/mol. The molecule has 1 aliphatic heterocycles. The average Bonchev–Trinajstić information content (AvgIpc) is 2.47. The number of hydrogen-bond acceptors (Lipinski definition) is 2. The van der Waals surface area contributed by atoms with Crippen molar-refractivity contribution in [2.45, 2.75) is 0 Å². The first kappa shape index (κ1) is 8.31. The Morgan fingerprint density at radius 1 is 1.31 bits per heavy atom. The van der Waals surface area contributed by atoms with E-state index < -0.39 is 10.8 Å². The Morgan fingerprint density at radius 2 is 2.00 bits per heavy atom. The fourth-order valence-corrected chi connectivity index (χ4v) is 2.29. The average molecular weight is 194 g/mol. The van der Waals surface area contributed by atoms with Crippen LogP contribution < -0.4 is 5.32 Å². The molecular formula is C9H8NO2S-. The Kier molecular flexibility index (Phi) is 2.06. The van der Waals surface area contributed by atoms with Gasteiger partial charge in [-0.2, -0.15) is 17.7 Å². The molecule has 1 atom stereocenters. The summed E-state index contributed by atoms with van der Waals surface area (Å²) in [7, 11) is -1.19. The van der Waals surface area contributed by atoms with E-state index in [-0.39, 0.29) is 11.7 Å². The fourth-order valence-electron chi connectivity index (χ4n) is 1.20. The van der Waals surface area contributed by atoms with Crippen molar-refractivity contribution >= 4 is 16.7 Å². The van der Waals surface area contributed by atoms with Gasteiger partial charge in [0.05, 0.1) is 5.75 Å². The largest absolute Gasteiger partial charge is 0.370 e. The molecule has 1 N–H and O–H groups in total. The maximum atomic E-state index is 11.4.